The molecule has 112 valence electrons. The molecule has 21 heavy (non-hydrogen) atoms. The molecule has 0 aromatic heterocycles. The Labute approximate surface area is 124 Å². The number of benzene rings is 2. The van der Waals surface area contributed by atoms with Crippen molar-refractivity contribution >= 4 is 0 Å². The summed E-state index contributed by atoms with van der Waals surface area (Å²) in [4.78, 5) is 0. The van der Waals surface area contributed by atoms with Crippen LogP contribution in [0.2, 0.25) is 0 Å². The molecule has 0 aliphatic rings. The van der Waals surface area contributed by atoms with E-state index in [9.17, 15) is 4.39 Å². The van der Waals surface area contributed by atoms with Crippen LogP contribution in [-0.4, -0.2) is 14.2 Å². The molecule has 0 heterocycles. The van der Waals surface area contributed by atoms with Crippen LogP contribution >= 0.6 is 0 Å². The topological polar surface area (TPSA) is 44.5 Å². The predicted octanol–water partition coefficient (Wildman–Crippen LogP) is 3.59. The van der Waals surface area contributed by atoms with Gasteiger partial charge in [-0.2, -0.15) is 0 Å². The summed E-state index contributed by atoms with van der Waals surface area (Å²) < 4.78 is 24.2. The molecule has 0 aliphatic carbocycles. The van der Waals surface area contributed by atoms with Crippen LogP contribution in [0.25, 0.3) is 11.1 Å². The van der Waals surface area contributed by atoms with Crippen molar-refractivity contribution in [3.8, 4) is 22.6 Å². The van der Waals surface area contributed by atoms with Crippen molar-refractivity contribution in [2.75, 3.05) is 14.2 Å². The van der Waals surface area contributed by atoms with Gasteiger partial charge >= 0.3 is 0 Å². The molecule has 2 aromatic carbocycles. The Hall–Kier alpha value is -2.07. The van der Waals surface area contributed by atoms with Crippen molar-refractivity contribution in [3.05, 3.63) is 46.8 Å². The molecular formula is C17H20FNO2. The Balaban J connectivity index is 2.74. The zero-order chi connectivity index (χ0) is 15.6. The van der Waals surface area contributed by atoms with Gasteiger partial charge in [-0.1, -0.05) is 0 Å². The summed E-state index contributed by atoms with van der Waals surface area (Å²) in [6, 6.07) is 6.82. The highest BCUT2D eigenvalue weighted by Crippen LogP contribution is 2.38. The summed E-state index contributed by atoms with van der Waals surface area (Å²) in [7, 11) is 3.18. The lowest BCUT2D eigenvalue weighted by molar-refractivity contribution is 0.354. The molecule has 0 unspecified atom stereocenters. The smallest absolute Gasteiger partial charge is 0.161 e. The maximum atomic E-state index is 13.5. The van der Waals surface area contributed by atoms with Crippen LogP contribution in [0.1, 0.15) is 16.7 Å². The standard InChI is InChI=1S/C17H20FNO2/c1-10-5-13(18)6-11(2)17(10)14-8-16(21-4)15(20-3)7-12(14)9-19/h5-8H,9,19H2,1-4H3. The van der Waals surface area contributed by atoms with E-state index in [0.29, 0.717) is 18.0 Å². The van der Waals surface area contributed by atoms with Gasteiger partial charge in [-0.3, -0.25) is 0 Å². The Kier molecular flexibility index (Phi) is 4.48. The van der Waals surface area contributed by atoms with Gasteiger partial charge in [0, 0.05) is 6.54 Å². The van der Waals surface area contributed by atoms with Gasteiger partial charge in [-0.25, -0.2) is 4.39 Å². The summed E-state index contributed by atoms with van der Waals surface area (Å²) in [5.74, 6) is 1.04. The molecule has 0 atom stereocenters. The number of hydrogen-bond acceptors (Lipinski definition) is 3. The molecule has 2 rings (SSSR count). The Bertz CT molecular complexity index is 645. The second kappa shape index (κ2) is 6.14. The van der Waals surface area contributed by atoms with Gasteiger partial charge < -0.3 is 15.2 Å². The van der Waals surface area contributed by atoms with Crippen molar-refractivity contribution < 1.29 is 13.9 Å². The molecule has 0 aliphatic heterocycles. The first kappa shape index (κ1) is 15.3. The van der Waals surface area contributed by atoms with Crippen molar-refractivity contribution in [3.63, 3.8) is 0 Å². The fourth-order valence-electron chi connectivity index (χ4n) is 2.66. The Morgan fingerprint density at radius 3 is 1.95 bits per heavy atom. The summed E-state index contributed by atoms with van der Waals surface area (Å²) >= 11 is 0. The minimum Gasteiger partial charge on any atom is -0.493 e. The quantitative estimate of drug-likeness (QED) is 0.935. The highest BCUT2D eigenvalue weighted by Gasteiger charge is 2.15. The molecule has 0 saturated carbocycles. The van der Waals surface area contributed by atoms with Crippen LogP contribution in [0.15, 0.2) is 24.3 Å². The van der Waals surface area contributed by atoms with Gasteiger partial charge in [-0.15, -0.1) is 0 Å². The maximum Gasteiger partial charge on any atom is 0.161 e. The average molecular weight is 289 g/mol. The third-order valence-corrected chi connectivity index (χ3v) is 3.60. The first-order valence-electron chi connectivity index (χ1n) is 6.73. The third-order valence-electron chi connectivity index (χ3n) is 3.60. The van der Waals surface area contributed by atoms with Crippen LogP contribution in [0.5, 0.6) is 11.5 Å². The fraction of sp³-hybridized carbons (Fsp3) is 0.294. The molecule has 0 bridgehead atoms. The SMILES string of the molecule is COc1cc(CN)c(-c2c(C)cc(F)cc2C)cc1OC. The van der Waals surface area contributed by atoms with E-state index in [0.717, 1.165) is 27.8 Å². The van der Waals surface area contributed by atoms with E-state index >= 15 is 0 Å². The molecule has 0 spiro atoms. The lowest BCUT2D eigenvalue weighted by Gasteiger charge is -2.17. The summed E-state index contributed by atoms with van der Waals surface area (Å²) in [6.45, 7) is 4.15. The number of nitrogens with two attached hydrogens (primary N) is 1. The zero-order valence-electron chi connectivity index (χ0n) is 12.8. The normalized spacial score (nSPS) is 10.6. The van der Waals surface area contributed by atoms with Crippen LogP contribution in [0.3, 0.4) is 0 Å². The lowest BCUT2D eigenvalue weighted by atomic mass is 9.91. The molecular weight excluding hydrogens is 269 g/mol. The van der Waals surface area contributed by atoms with Crippen LogP contribution in [0.4, 0.5) is 4.39 Å². The number of rotatable bonds is 4. The molecule has 0 radical (unpaired) electrons. The second-order valence-electron chi connectivity index (χ2n) is 4.98. The van der Waals surface area contributed by atoms with E-state index in [1.165, 1.54) is 12.1 Å². The average Bonchev–Trinajstić information content (AvgIpc) is 2.45. The van der Waals surface area contributed by atoms with E-state index in [2.05, 4.69) is 0 Å². The number of methoxy groups -OCH3 is 2. The van der Waals surface area contributed by atoms with Crippen molar-refractivity contribution in [2.45, 2.75) is 20.4 Å². The van der Waals surface area contributed by atoms with Crippen molar-refractivity contribution in [1.82, 2.24) is 0 Å². The van der Waals surface area contributed by atoms with Gasteiger partial charge in [0.15, 0.2) is 11.5 Å². The first-order chi connectivity index (χ1) is 10.0. The Morgan fingerprint density at radius 1 is 0.952 bits per heavy atom. The lowest BCUT2D eigenvalue weighted by Crippen LogP contribution is -2.03. The van der Waals surface area contributed by atoms with Crippen LogP contribution < -0.4 is 15.2 Å². The molecule has 4 heteroatoms. The highest BCUT2D eigenvalue weighted by molar-refractivity contribution is 5.76. The highest BCUT2D eigenvalue weighted by atomic mass is 19.1. The van der Waals surface area contributed by atoms with Crippen molar-refractivity contribution in [1.29, 1.82) is 0 Å². The zero-order valence-corrected chi connectivity index (χ0v) is 12.8. The maximum absolute atomic E-state index is 13.5. The molecule has 2 N–H and O–H groups in total. The van der Waals surface area contributed by atoms with Crippen molar-refractivity contribution in [2.24, 2.45) is 5.73 Å². The molecule has 0 saturated heterocycles. The summed E-state index contributed by atoms with van der Waals surface area (Å²) in [6.07, 6.45) is 0. The Morgan fingerprint density at radius 2 is 1.48 bits per heavy atom. The van der Waals surface area contributed by atoms with Crippen LogP contribution in [-0.2, 0) is 6.54 Å². The number of hydrogen-bond donors (Lipinski definition) is 1. The van der Waals surface area contributed by atoms with Gasteiger partial charge in [0.2, 0.25) is 0 Å². The van der Waals surface area contributed by atoms with E-state index in [4.69, 9.17) is 15.2 Å². The minimum atomic E-state index is -0.233. The molecule has 0 fully saturated rings. The number of halogens is 1. The van der Waals surface area contributed by atoms with E-state index in [1.807, 2.05) is 26.0 Å². The van der Waals surface area contributed by atoms with Gasteiger partial charge in [0.05, 0.1) is 14.2 Å². The summed E-state index contributed by atoms with van der Waals surface area (Å²) in [5.41, 5.74) is 10.5. The second-order valence-corrected chi connectivity index (χ2v) is 4.98. The summed E-state index contributed by atoms with van der Waals surface area (Å²) in [5, 5.41) is 0. The van der Waals surface area contributed by atoms with E-state index < -0.39 is 0 Å². The molecule has 0 amide bonds. The van der Waals surface area contributed by atoms with E-state index in [1.54, 1.807) is 14.2 Å². The minimum absolute atomic E-state index is 0.233. The molecule has 2 aromatic rings. The van der Waals surface area contributed by atoms with E-state index in [-0.39, 0.29) is 5.82 Å². The first-order valence-corrected chi connectivity index (χ1v) is 6.73. The monoisotopic (exact) mass is 289 g/mol. The fourth-order valence-corrected chi connectivity index (χ4v) is 2.66. The van der Waals surface area contributed by atoms with Crippen LogP contribution in [0, 0.1) is 19.7 Å². The number of aryl methyl sites for hydroxylation is 2. The van der Waals surface area contributed by atoms with Gasteiger partial charge in [0.1, 0.15) is 5.82 Å². The predicted molar refractivity (Wildman–Crippen MR) is 82.3 cm³/mol. The van der Waals surface area contributed by atoms with Gasteiger partial charge in [0.25, 0.3) is 0 Å². The third kappa shape index (κ3) is 2.85. The largest absolute Gasteiger partial charge is 0.493 e. The number of ether oxygens (including phenoxy) is 2. The molecule has 3 nitrogen and oxygen atoms in total. The van der Waals surface area contributed by atoms with Gasteiger partial charge in [-0.05, 0) is 65.9 Å².